The van der Waals surface area contributed by atoms with Gasteiger partial charge in [0.05, 0.1) is 5.92 Å². The molecule has 90 valence electrons. The third-order valence-electron chi connectivity index (χ3n) is 4.26. The molecule has 0 bridgehead atoms. The molecule has 3 nitrogen and oxygen atoms in total. The van der Waals surface area contributed by atoms with Gasteiger partial charge in [-0.15, -0.1) is 0 Å². The summed E-state index contributed by atoms with van der Waals surface area (Å²) in [5, 5.41) is 3.34. The maximum Gasteiger partial charge on any atom is 0.227 e. The molecule has 3 rings (SSSR count). The quantitative estimate of drug-likeness (QED) is 0.776. The van der Waals surface area contributed by atoms with Crippen LogP contribution in [0.2, 0.25) is 0 Å². The van der Waals surface area contributed by atoms with Crippen LogP contribution in [0.1, 0.15) is 32.6 Å². The topological polar surface area (TPSA) is 32.3 Å². The van der Waals surface area contributed by atoms with Crippen molar-refractivity contribution >= 4 is 5.91 Å². The first-order chi connectivity index (χ1) is 7.75. The second-order valence-corrected chi connectivity index (χ2v) is 5.91. The van der Waals surface area contributed by atoms with E-state index in [1.54, 1.807) is 0 Å². The summed E-state index contributed by atoms with van der Waals surface area (Å²) in [7, 11) is 0. The van der Waals surface area contributed by atoms with Gasteiger partial charge in [0.15, 0.2) is 0 Å². The fourth-order valence-electron chi connectivity index (χ4n) is 2.74. The summed E-state index contributed by atoms with van der Waals surface area (Å²) in [5.41, 5.74) is 0. The zero-order chi connectivity index (χ0) is 11.1. The molecule has 16 heavy (non-hydrogen) atoms. The van der Waals surface area contributed by atoms with Crippen molar-refractivity contribution in [3.8, 4) is 0 Å². The van der Waals surface area contributed by atoms with E-state index in [9.17, 15) is 4.79 Å². The summed E-state index contributed by atoms with van der Waals surface area (Å²) in [6, 6.07) is 0.598. The van der Waals surface area contributed by atoms with Crippen LogP contribution in [-0.4, -0.2) is 36.5 Å². The second kappa shape index (κ2) is 4.02. The monoisotopic (exact) mass is 222 g/mol. The molecule has 1 aliphatic heterocycles. The lowest BCUT2D eigenvalue weighted by molar-refractivity contribution is -0.136. The fraction of sp³-hybridized carbons (Fsp3) is 0.923. The van der Waals surface area contributed by atoms with Crippen LogP contribution in [0.3, 0.4) is 0 Å². The first-order valence-electron chi connectivity index (χ1n) is 6.77. The Morgan fingerprint density at radius 3 is 2.50 bits per heavy atom. The highest BCUT2D eigenvalue weighted by atomic mass is 16.2. The van der Waals surface area contributed by atoms with E-state index in [-0.39, 0.29) is 5.92 Å². The van der Waals surface area contributed by atoms with Gasteiger partial charge in [-0.05, 0) is 44.1 Å². The third kappa shape index (κ3) is 2.10. The van der Waals surface area contributed by atoms with Gasteiger partial charge in [-0.2, -0.15) is 0 Å². The molecule has 0 aromatic heterocycles. The Morgan fingerprint density at radius 2 is 2.00 bits per heavy atom. The van der Waals surface area contributed by atoms with E-state index in [4.69, 9.17) is 0 Å². The van der Waals surface area contributed by atoms with Gasteiger partial charge in [0, 0.05) is 19.1 Å². The van der Waals surface area contributed by atoms with Crippen LogP contribution in [0.15, 0.2) is 0 Å². The van der Waals surface area contributed by atoms with Crippen molar-refractivity contribution in [3.05, 3.63) is 0 Å². The van der Waals surface area contributed by atoms with Crippen molar-refractivity contribution in [3.63, 3.8) is 0 Å². The lowest BCUT2D eigenvalue weighted by Gasteiger charge is -2.27. The van der Waals surface area contributed by atoms with Crippen LogP contribution in [0, 0.1) is 17.8 Å². The first kappa shape index (κ1) is 10.6. The van der Waals surface area contributed by atoms with Crippen LogP contribution in [-0.2, 0) is 4.79 Å². The van der Waals surface area contributed by atoms with E-state index in [1.807, 2.05) is 0 Å². The average molecular weight is 222 g/mol. The van der Waals surface area contributed by atoms with E-state index in [2.05, 4.69) is 17.1 Å². The van der Waals surface area contributed by atoms with Crippen LogP contribution >= 0.6 is 0 Å². The lowest BCUT2D eigenvalue weighted by atomic mass is 9.96. The molecule has 2 saturated carbocycles. The van der Waals surface area contributed by atoms with Gasteiger partial charge in [-0.3, -0.25) is 4.79 Å². The van der Waals surface area contributed by atoms with Crippen molar-refractivity contribution in [1.82, 2.24) is 10.2 Å². The fourth-order valence-corrected chi connectivity index (χ4v) is 2.74. The van der Waals surface area contributed by atoms with Crippen LogP contribution in [0.25, 0.3) is 0 Å². The summed E-state index contributed by atoms with van der Waals surface area (Å²) >= 11 is 0. The van der Waals surface area contributed by atoms with E-state index in [1.165, 1.54) is 25.7 Å². The molecular formula is C13H22N2O. The number of nitrogens with zero attached hydrogens (tertiary/aromatic N) is 1. The molecule has 1 N–H and O–H groups in total. The summed E-state index contributed by atoms with van der Waals surface area (Å²) in [5.74, 6) is 2.04. The number of hydrogen-bond acceptors (Lipinski definition) is 2. The zero-order valence-electron chi connectivity index (χ0n) is 10.1. The summed E-state index contributed by atoms with van der Waals surface area (Å²) in [4.78, 5) is 14.7. The average Bonchev–Trinajstić information content (AvgIpc) is 3.14. The van der Waals surface area contributed by atoms with Gasteiger partial charge < -0.3 is 10.2 Å². The highest BCUT2D eigenvalue weighted by Gasteiger charge is 2.41. The molecule has 2 unspecified atom stereocenters. The summed E-state index contributed by atoms with van der Waals surface area (Å²) in [6.45, 7) is 5.16. The van der Waals surface area contributed by atoms with Gasteiger partial charge in [-0.1, -0.05) is 6.92 Å². The Hall–Kier alpha value is -0.570. The number of amides is 1. The Bertz CT molecular complexity index is 284. The van der Waals surface area contributed by atoms with Crippen molar-refractivity contribution in [2.45, 2.75) is 38.6 Å². The van der Waals surface area contributed by atoms with Gasteiger partial charge in [0.2, 0.25) is 5.91 Å². The van der Waals surface area contributed by atoms with Gasteiger partial charge in [0.1, 0.15) is 0 Å². The minimum Gasteiger partial charge on any atom is -0.339 e. The normalized spacial score (nSPS) is 34.1. The number of carbonyl (C=O) groups is 1. The Kier molecular flexibility index (Phi) is 2.66. The molecule has 0 aromatic rings. The molecule has 3 fully saturated rings. The van der Waals surface area contributed by atoms with Crippen molar-refractivity contribution in [2.24, 2.45) is 17.8 Å². The predicted octanol–water partition coefficient (Wildman–Crippen LogP) is 1.24. The van der Waals surface area contributed by atoms with Crippen molar-refractivity contribution in [2.75, 3.05) is 19.6 Å². The Balaban J connectivity index is 1.64. The third-order valence-corrected chi connectivity index (χ3v) is 4.26. The molecule has 0 spiro atoms. The van der Waals surface area contributed by atoms with Crippen LogP contribution < -0.4 is 5.32 Å². The molecule has 1 saturated heterocycles. The minimum absolute atomic E-state index is 0.249. The minimum atomic E-state index is 0.249. The Morgan fingerprint density at radius 1 is 1.25 bits per heavy atom. The molecule has 0 aromatic carbocycles. The molecule has 2 atom stereocenters. The number of rotatable bonds is 4. The van der Waals surface area contributed by atoms with E-state index < -0.39 is 0 Å². The maximum absolute atomic E-state index is 12.5. The number of hydrogen-bond donors (Lipinski definition) is 1. The standard InChI is InChI=1S/C13H22N2O/c1-9-6-14-7-12(9)13(16)15(11-4-5-11)8-10-2-3-10/h9-12,14H,2-8H2,1H3. The smallest absolute Gasteiger partial charge is 0.227 e. The molecule has 3 heteroatoms. The second-order valence-electron chi connectivity index (χ2n) is 5.91. The molecule has 3 aliphatic rings. The highest BCUT2D eigenvalue weighted by molar-refractivity contribution is 5.80. The predicted molar refractivity (Wildman–Crippen MR) is 63.0 cm³/mol. The van der Waals surface area contributed by atoms with Gasteiger partial charge in [-0.25, -0.2) is 0 Å². The van der Waals surface area contributed by atoms with E-state index in [0.717, 1.165) is 25.6 Å². The highest BCUT2D eigenvalue weighted by Crippen LogP contribution is 2.36. The Labute approximate surface area is 97.6 Å². The largest absolute Gasteiger partial charge is 0.339 e. The van der Waals surface area contributed by atoms with E-state index >= 15 is 0 Å². The van der Waals surface area contributed by atoms with Crippen LogP contribution in [0.5, 0.6) is 0 Å². The van der Waals surface area contributed by atoms with Gasteiger partial charge in [0.25, 0.3) is 0 Å². The SMILES string of the molecule is CC1CNCC1C(=O)N(CC1CC1)C1CC1. The van der Waals surface area contributed by atoms with Crippen molar-refractivity contribution < 1.29 is 4.79 Å². The summed E-state index contributed by atoms with van der Waals surface area (Å²) < 4.78 is 0. The van der Waals surface area contributed by atoms with E-state index in [0.29, 0.717) is 17.9 Å². The lowest BCUT2D eigenvalue weighted by Crippen LogP contribution is -2.41. The molecule has 1 heterocycles. The first-order valence-corrected chi connectivity index (χ1v) is 6.77. The number of nitrogens with one attached hydrogen (secondary N) is 1. The van der Waals surface area contributed by atoms with Crippen molar-refractivity contribution in [1.29, 1.82) is 0 Å². The molecule has 0 radical (unpaired) electrons. The molecule has 2 aliphatic carbocycles. The molecule has 1 amide bonds. The zero-order valence-corrected chi connectivity index (χ0v) is 10.1. The molecular weight excluding hydrogens is 200 g/mol. The maximum atomic E-state index is 12.5. The number of carbonyl (C=O) groups excluding carboxylic acids is 1. The summed E-state index contributed by atoms with van der Waals surface area (Å²) in [6.07, 6.45) is 5.17. The van der Waals surface area contributed by atoms with Crippen LogP contribution in [0.4, 0.5) is 0 Å². The van der Waals surface area contributed by atoms with Gasteiger partial charge >= 0.3 is 0 Å².